The summed E-state index contributed by atoms with van der Waals surface area (Å²) in [5.74, 6) is 1.79. The highest BCUT2D eigenvalue weighted by atomic mass is 15.2. The Bertz CT molecular complexity index is 3640. The first-order valence-electron chi connectivity index (χ1n) is 27.1. The Morgan fingerprint density at radius 3 is 1.19 bits per heavy atom. The van der Waals surface area contributed by atoms with Gasteiger partial charge >= 0.3 is 0 Å². The zero-order chi connectivity index (χ0) is 51.9. The summed E-state index contributed by atoms with van der Waals surface area (Å²) in [4.78, 5) is 2.65. The maximum absolute atomic E-state index is 2.65. The van der Waals surface area contributed by atoms with Crippen LogP contribution in [0.2, 0.25) is 0 Å². The first-order valence-corrected chi connectivity index (χ1v) is 27.1. The highest BCUT2D eigenvalue weighted by Crippen LogP contribution is 2.51. The van der Waals surface area contributed by atoms with Crippen molar-refractivity contribution in [1.29, 1.82) is 0 Å². The molecule has 1 aliphatic carbocycles. The van der Waals surface area contributed by atoms with Crippen molar-refractivity contribution < 1.29 is 0 Å². The number of nitrogens with zero attached hydrogens (tertiary/aromatic N) is 1. The van der Waals surface area contributed by atoms with Crippen LogP contribution in [0, 0.1) is 19.8 Å². The summed E-state index contributed by atoms with van der Waals surface area (Å²) in [5.41, 5.74) is 12.1. The predicted molar refractivity (Wildman–Crippen MR) is 328 cm³/mol. The SMILES string of the molecule is CC.CC(C)c1ccc(C(C)C)cc1.Cc1c2ccccc2c(-c2c3ccccc3c(N(c3cccc4ccccc34)C3C=CC(C(C)C)=CC3)c3ccccc23)c2ccccc12.Cc1cccc2ccccc12. The number of hydrogen-bond acceptors (Lipinski definition) is 1. The number of allylic oxidation sites excluding steroid dienone is 2. The van der Waals surface area contributed by atoms with Crippen molar-refractivity contribution >= 4 is 76.0 Å². The second-order valence-corrected chi connectivity index (χ2v) is 20.6. The van der Waals surface area contributed by atoms with Crippen molar-refractivity contribution in [1.82, 2.24) is 0 Å². The van der Waals surface area contributed by atoms with E-state index < -0.39 is 0 Å². The molecule has 11 aromatic carbocycles. The lowest BCUT2D eigenvalue weighted by Gasteiger charge is -2.36. The summed E-state index contributed by atoms with van der Waals surface area (Å²) < 4.78 is 0. The van der Waals surface area contributed by atoms with Crippen LogP contribution in [0.3, 0.4) is 0 Å². The van der Waals surface area contributed by atoms with Gasteiger partial charge < -0.3 is 4.90 Å². The molecule has 0 radical (unpaired) electrons. The predicted octanol–water partition coefficient (Wildman–Crippen LogP) is 21.6. The summed E-state index contributed by atoms with van der Waals surface area (Å²) >= 11 is 0. The number of hydrogen-bond donors (Lipinski definition) is 0. The maximum Gasteiger partial charge on any atom is 0.0576 e. The van der Waals surface area contributed by atoms with Crippen molar-refractivity contribution in [2.75, 3.05) is 4.90 Å². The van der Waals surface area contributed by atoms with Gasteiger partial charge in [-0.2, -0.15) is 0 Å². The molecular formula is C73H73N. The Balaban J connectivity index is 0.000000220. The standard InChI is InChI=1S/C48H39N.C12H18.C11H10.C2H6/c1-31(2)33-27-29-35(30-28-33)49(45-26-14-16-34-15-4-5-19-38(34)45)48-43-24-12-10-22-41(43)47(42-23-11-13-25-44(42)48)46-39-20-8-6-17-36(39)32(3)37-18-7-9-21-40(37)46;1-9(2)11-5-7-12(8-6-11)10(3)4;1-9-5-4-7-10-6-2-3-8-11(9)10;1-2/h4-29,31,35H,30H2,1-3H3;5-10H,1-4H3;2-8H,1H3;1-2H3. The number of anilines is 2. The van der Waals surface area contributed by atoms with Crippen LogP contribution in [0.1, 0.15) is 95.9 Å². The number of benzene rings is 11. The van der Waals surface area contributed by atoms with E-state index in [1.165, 1.54) is 115 Å². The smallest absolute Gasteiger partial charge is 0.0576 e. The first kappa shape index (κ1) is 51.2. The summed E-state index contributed by atoms with van der Waals surface area (Å²) in [6.45, 7) is 21.9. The molecule has 1 aliphatic rings. The Morgan fingerprint density at radius 1 is 0.378 bits per heavy atom. The largest absolute Gasteiger partial charge is 0.333 e. The fourth-order valence-electron chi connectivity index (χ4n) is 11.0. The van der Waals surface area contributed by atoms with Crippen molar-refractivity contribution in [3.8, 4) is 11.1 Å². The molecule has 74 heavy (non-hydrogen) atoms. The highest BCUT2D eigenvalue weighted by molar-refractivity contribution is 6.28. The molecule has 0 aromatic heterocycles. The molecule has 1 heteroatoms. The Kier molecular flexibility index (Phi) is 15.9. The van der Waals surface area contributed by atoms with E-state index >= 15 is 0 Å². The number of fused-ring (bicyclic) bond motifs is 6. The van der Waals surface area contributed by atoms with Crippen molar-refractivity contribution in [3.63, 3.8) is 0 Å². The van der Waals surface area contributed by atoms with E-state index in [0.29, 0.717) is 17.8 Å². The topological polar surface area (TPSA) is 3.24 Å². The van der Waals surface area contributed by atoms with Crippen LogP contribution in [0.4, 0.5) is 11.4 Å². The fraction of sp³-hybridized carbons (Fsp3) is 0.205. The van der Waals surface area contributed by atoms with E-state index in [1.54, 1.807) is 0 Å². The zero-order valence-corrected chi connectivity index (χ0v) is 45.3. The quantitative estimate of drug-likeness (QED) is 0.144. The second kappa shape index (κ2) is 23.0. The third-order valence-corrected chi connectivity index (χ3v) is 15.0. The average molecular weight is 964 g/mol. The lowest BCUT2D eigenvalue weighted by molar-refractivity contribution is 0.734. The molecule has 11 aromatic rings. The van der Waals surface area contributed by atoms with E-state index in [-0.39, 0.29) is 6.04 Å². The van der Waals surface area contributed by atoms with Gasteiger partial charge in [0.2, 0.25) is 0 Å². The molecule has 0 saturated carbocycles. The van der Waals surface area contributed by atoms with E-state index in [0.717, 1.165) is 6.42 Å². The minimum Gasteiger partial charge on any atom is -0.333 e. The van der Waals surface area contributed by atoms with Gasteiger partial charge in [0.05, 0.1) is 11.7 Å². The normalized spacial score (nSPS) is 13.2. The highest BCUT2D eigenvalue weighted by Gasteiger charge is 2.28. The van der Waals surface area contributed by atoms with Gasteiger partial charge in [0.1, 0.15) is 0 Å². The Labute approximate surface area is 441 Å². The van der Waals surface area contributed by atoms with Gasteiger partial charge in [-0.15, -0.1) is 0 Å². The lowest BCUT2D eigenvalue weighted by atomic mass is 9.83. The third-order valence-electron chi connectivity index (χ3n) is 15.0. The summed E-state index contributed by atoms with van der Waals surface area (Å²) in [6, 6.07) is 75.7. The Morgan fingerprint density at radius 2 is 0.757 bits per heavy atom. The van der Waals surface area contributed by atoms with Crippen LogP contribution in [0.15, 0.2) is 230 Å². The molecule has 0 bridgehead atoms. The molecule has 1 unspecified atom stereocenters. The van der Waals surface area contributed by atoms with Gasteiger partial charge in [-0.25, -0.2) is 0 Å². The molecule has 370 valence electrons. The van der Waals surface area contributed by atoms with E-state index in [9.17, 15) is 0 Å². The second-order valence-electron chi connectivity index (χ2n) is 20.6. The van der Waals surface area contributed by atoms with Gasteiger partial charge in [-0.05, 0) is 132 Å². The molecule has 1 atom stereocenters. The first-order chi connectivity index (χ1) is 36.1. The molecule has 1 nitrogen and oxygen atoms in total. The molecule has 0 heterocycles. The van der Waals surface area contributed by atoms with Crippen LogP contribution >= 0.6 is 0 Å². The summed E-state index contributed by atoms with van der Waals surface area (Å²) in [7, 11) is 0. The molecule has 0 fully saturated rings. The summed E-state index contributed by atoms with van der Waals surface area (Å²) in [6.07, 6.45) is 8.21. The molecule has 0 amide bonds. The van der Waals surface area contributed by atoms with E-state index in [1.807, 2.05) is 13.8 Å². The molecule has 0 N–H and O–H groups in total. The van der Waals surface area contributed by atoms with Gasteiger partial charge in [-0.1, -0.05) is 274 Å². The molecule has 12 rings (SSSR count). The molecular weight excluding hydrogens is 891 g/mol. The minimum absolute atomic E-state index is 0.159. The third kappa shape index (κ3) is 10.3. The van der Waals surface area contributed by atoms with Crippen LogP contribution < -0.4 is 4.90 Å². The van der Waals surface area contributed by atoms with Gasteiger partial charge in [0, 0.05) is 21.8 Å². The molecule has 0 aliphatic heterocycles. The molecule has 0 spiro atoms. The summed E-state index contributed by atoms with van der Waals surface area (Å²) in [5, 5.41) is 15.5. The van der Waals surface area contributed by atoms with E-state index in [2.05, 4.69) is 285 Å². The van der Waals surface area contributed by atoms with Crippen molar-refractivity contribution in [2.24, 2.45) is 5.92 Å². The number of aryl methyl sites for hydroxylation is 2. The van der Waals surface area contributed by atoms with Crippen LogP contribution in [-0.2, 0) is 0 Å². The van der Waals surface area contributed by atoms with Gasteiger partial charge in [0.15, 0.2) is 0 Å². The number of rotatable bonds is 7. The van der Waals surface area contributed by atoms with Gasteiger partial charge in [-0.3, -0.25) is 0 Å². The van der Waals surface area contributed by atoms with Crippen LogP contribution in [0.5, 0.6) is 0 Å². The molecule has 0 saturated heterocycles. The van der Waals surface area contributed by atoms with E-state index in [4.69, 9.17) is 0 Å². The fourth-order valence-corrected chi connectivity index (χ4v) is 11.0. The van der Waals surface area contributed by atoms with Crippen LogP contribution in [-0.4, -0.2) is 6.04 Å². The zero-order valence-electron chi connectivity index (χ0n) is 45.3. The average Bonchev–Trinajstić information content (AvgIpc) is 3.45. The van der Waals surface area contributed by atoms with Crippen molar-refractivity contribution in [3.05, 3.63) is 252 Å². The van der Waals surface area contributed by atoms with Gasteiger partial charge in [0.25, 0.3) is 0 Å². The maximum atomic E-state index is 2.65. The monoisotopic (exact) mass is 964 g/mol. The van der Waals surface area contributed by atoms with Crippen molar-refractivity contribution in [2.45, 2.75) is 93.5 Å². The minimum atomic E-state index is 0.159. The lowest BCUT2D eigenvalue weighted by Crippen LogP contribution is -2.31. The Hall–Kier alpha value is -7.74. The van der Waals surface area contributed by atoms with Crippen LogP contribution in [0.25, 0.3) is 75.8 Å².